The van der Waals surface area contributed by atoms with Crippen molar-refractivity contribution in [3.8, 4) is 5.75 Å². The number of rotatable bonds is 7. The first-order chi connectivity index (χ1) is 11.9. The number of ether oxygens (including phenoxy) is 1. The lowest BCUT2D eigenvalue weighted by molar-refractivity contribution is -0.114. The highest BCUT2D eigenvalue weighted by Gasteiger charge is 2.12. The number of carbonyl (C=O) groups excluding carboxylic acids is 1. The van der Waals surface area contributed by atoms with Crippen molar-refractivity contribution >= 4 is 17.3 Å². The molecule has 0 radical (unpaired) electrons. The number of anilines is 2. The number of carbonyl (C=O) groups is 1. The second kappa shape index (κ2) is 8.56. The molecule has 0 aliphatic rings. The Labute approximate surface area is 150 Å². The zero-order valence-corrected chi connectivity index (χ0v) is 15.7. The molecule has 0 saturated heterocycles. The van der Waals surface area contributed by atoms with E-state index in [0.29, 0.717) is 17.4 Å². The molecule has 4 nitrogen and oxygen atoms in total. The van der Waals surface area contributed by atoms with E-state index in [1.54, 1.807) is 0 Å². The summed E-state index contributed by atoms with van der Waals surface area (Å²) in [6.07, 6.45) is 0.0525. The number of hydrogen-bond donors (Lipinski definition) is 2. The lowest BCUT2D eigenvalue weighted by atomic mass is 9.98. The van der Waals surface area contributed by atoms with Crippen molar-refractivity contribution < 1.29 is 9.53 Å². The lowest BCUT2D eigenvalue weighted by Gasteiger charge is -2.18. The van der Waals surface area contributed by atoms with E-state index in [1.807, 2.05) is 38.1 Å². The smallest absolute Gasteiger partial charge is 0.243 e. The molecule has 0 aliphatic carbocycles. The highest BCUT2D eigenvalue weighted by Crippen LogP contribution is 2.28. The van der Waals surface area contributed by atoms with Crippen LogP contribution in [0.5, 0.6) is 5.75 Å². The third-order valence-electron chi connectivity index (χ3n) is 3.88. The molecule has 0 saturated carbocycles. The average molecular weight is 340 g/mol. The minimum atomic E-state index is -0.0993. The van der Waals surface area contributed by atoms with Gasteiger partial charge in [-0.2, -0.15) is 0 Å². The van der Waals surface area contributed by atoms with Crippen molar-refractivity contribution in [1.82, 2.24) is 0 Å². The molecule has 25 heavy (non-hydrogen) atoms. The number of benzene rings is 2. The van der Waals surface area contributed by atoms with Crippen LogP contribution in [0.3, 0.4) is 0 Å². The Kier molecular flexibility index (Phi) is 6.45. The second-order valence-electron chi connectivity index (χ2n) is 6.76. The Morgan fingerprint density at radius 3 is 2.44 bits per heavy atom. The van der Waals surface area contributed by atoms with Gasteiger partial charge in [0.05, 0.1) is 18.3 Å². The monoisotopic (exact) mass is 340 g/mol. The second-order valence-corrected chi connectivity index (χ2v) is 6.76. The van der Waals surface area contributed by atoms with E-state index in [-0.39, 0.29) is 18.6 Å². The fourth-order valence-electron chi connectivity index (χ4n) is 2.70. The minimum absolute atomic E-state index is 0.0525. The number of hydrogen-bond acceptors (Lipinski definition) is 3. The first-order valence-electron chi connectivity index (χ1n) is 8.77. The summed E-state index contributed by atoms with van der Waals surface area (Å²) in [5.41, 5.74) is 4.09. The molecule has 0 unspecified atom stereocenters. The Morgan fingerprint density at radius 2 is 1.76 bits per heavy atom. The van der Waals surface area contributed by atoms with Gasteiger partial charge in [0.1, 0.15) is 5.75 Å². The Morgan fingerprint density at radius 1 is 1.04 bits per heavy atom. The summed E-state index contributed by atoms with van der Waals surface area (Å²) in [7, 11) is 0. The molecular formula is C21H28N2O2. The fourth-order valence-corrected chi connectivity index (χ4v) is 2.70. The van der Waals surface area contributed by atoms with E-state index in [9.17, 15) is 4.79 Å². The summed E-state index contributed by atoms with van der Waals surface area (Å²) in [4.78, 5) is 12.4. The van der Waals surface area contributed by atoms with Crippen molar-refractivity contribution in [2.45, 2.75) is 46.6 Å². The lowest BCUT2D eigenvalue weighted by Crippen LogP contribution is -2.23. The van der Waals surface area contributed by atoms with Crippen LogP contribution in [0.25, 0.3) is 0 Å². The maximum atomic E-state index is 12.4. The van der Waals surface area contributed by atoms with Crippen molar-refractivity contribution in [2.75, 3.05) is 17.2 Å². The summed E-state index contributed by atoms with van der Waals surface area (Å²) in [5, 5.41) is 6.22. The zero-order valence-electron chi connectivity index (χ0n) is 15.7. The van der Waals surface area contributed by atoms with Crippen LogP contribution >= 0.6 is 0 Å². The van der Waals surface area contributed by atoms with E-state index in [4.69, 9.17) is 4.74 Å². The Hall–Kier alpha value is -2.49. The van der Waals surface area contributed by atoms with Crippen LogP contribution in [0.2, 0.25) is 0 Å². The molecule has 0 atom stereocenters. The number of amides is 1. The summed E-state index contributed by atoms with van der Waals surface area (Å²) in [5.74, 6) is 0.980. The predicted molar refractivity (Wildman–Crippen MR) is 105 cm³/mol. The van der Waals surface area contributed by atoms with Gasteiger partial charge in [-0.3, -0.25) is 4.79 Å². The number of para-hydroxylation sites is 3. The SMILES string of the molecule is Cc1cccc(C(C)C)c1NCC(=O)Nc1ccccc1OC(C)C. The molecule has 134 valence electrons. The molecule has 0 bridgehead atoms. The summed E-state index contributed by atoms with van der Waals surface area (Å²) >= 11 is 0. The van der Waals surface area contributed by atoms with E-state index in [0.717, 1.165) is 11.3 Å². The summed E-state index contributed by atoms with van der Waals surface area (Å²) in [6, 6.07) is 13.7. The first-order valence-corrected chi connectivity index (χ1v) is 8.77. The number of aryl methyl sites for hydroxylation is 1. The molecule has 2 N–H and O–H groups in total. The van der Waals surface area contributed by atoms with Gasteiger partial charge in [-0.25, -0.2) is 0 Å². The van der Waals surface area contributed by atoms with Gasteiger partial charge in [-0.1, -0.05) is 44.2 Å². The molecule has 2 aromatic carbocycles. The standard InChI is InChI=1S/C21H28N2O2/c1-14(2)17-10-8-9-16(5)21(17)22-13-20(24)23-18-11-6-7-12-19(18)25-15(3)4/h6-12,14-15,22H,13H2,1-5H3,(H,23,24). The van der Waals surface area contributed by atoms with Gasteiger partial charge in [0.25, 0.3) is 0 Å². The van der Waals surface area contributed by atoms with Crippen LogP contribution < -0.4 is 15.4 Å². The van der Waals surface area contributed by atoms with E-state index < -0.39 is 0 Å². The fraction of sp³-hybridized carbons (Fsp3) is 0.381. The van der Waals surface area contributed by atoms with Gasteiger partial charge < -0.3 is 15.4 Å². The number of nitrogens with one attached hydrogen (secondary N) is 2. The van der Waals surface area contributed by atoms with Crippen molar-refractivity contribution in [2.24, 2.45) is 0 Å². The molecule has 0 aliphatic heterocycles. The molecular weight excluding hydrogens is 312 g/mol. The van der Waals surface area contributed by atoms with Crippen LogP contribution in [-0.4, -0.2) is 18.6 Å². The predicted octanol–water partition coefficient (Wildman–Crippen LogP) is 4.96. The van der Waals surface area contributed by atoms with Gasteiger partial charge in [0.15, 0.2) is 0 Å². The highest BCUT2D eigenvalue weighted by molar-refractivity contribution is 5.95. The minimum Gasteiger partial charge on any atom is -0.489 e. The van der Waals surface area contributed by atoms with Gasteiger partial charge in [-0.15, -0.1) is 0 Å². The first kappa shape index (κ1) is 18.8. The van der Waals surface area contributed by atoms with Gasteiger partial charge in [0.2, 0.25) is 5.91 Å². The van der Waals surface area contributed by atoms with E-state index >= 15 is 0 Å². The van der Waals surface area contributed by atoms with Crippen LogP contribution in [0, 0.1) is 6.92 Å². The summed E-state index contributed by atoms with van der Waals surface area (Å²) in [6.45, 7) is 10.5. The largest absolute Gasteiger partial charge is 0.489 e. The molecule has 0 fully saturated rings. The van der Waals surface area contributed by atoms with Crippen molar-refractivity contribution in [3.05, 3.63) is 53.6 Å². The zero-order chi connectivity index (χ0) is 18.4. The molecule has 1 amide bonds. The molecule has 2 rings (SSSR count). The maximum Gasteiger partial charge on any atom is 0.243 e. The Balaban J connectivity index is 2.05. The molecule has 2 aromatic rings. The molecule has 0 heterocycles. The normalized spacial score (nSPS) is 10.8. The van der Waals surface area contributed by atoms with Gasteiger partial charge in [0, 0.05) is 5.69 Å². The van der Waals surface area contributed by atoms with Crippen molar-refractivity contribution in [1.29, 1.82) is 0 Å². The highest BCUT2D eigenvalue weighted by atomic mass is 16.5. The maximum absolute atomic E-state index is 12.4. The Bertz CT molecular complexity index is 724. The molecule has 0 aromatic heterocycles. The van der Waals surface area contributed by atoms with E-state index in [2.05, 4.69) is 49.6 Å². The quantitative estimate of drug-likeness (QED) is 0.749. The van der Waals surface area contributed by atoms with Gasteiger partial charge >= 0.3 is 0 Å². The van der Waals surface area contributed by atoms with Crippen LogP contribution in [0.15, 0.2) is 42.5 Å². The molecule has 4 heteroatoms. The third-order valence-corrected chi connectivity index (χ3v) is 3.88. The van der Waals surface area contributed by atoms with E-state index in [1.165, 1.54) is 5.56 Å². The van der Waals surface area contributed by atoms with Crippen LogP contribution in [0.1, 0.15) is 44.7 Å². The van der Waals surface area contributed by atoms with Crippen LogP contribution in [-0.2, 0) is 4.79 Å². The third kappa shape index (κ3) is 5.24. The van der Waals surface area contributed by atoms with Crippen molar-refractivity contribution in [3.63, 3.8) is 0 Å². The average Bonchev–Trinajstić information content (AvgIpc) is 2.54. The topological polar surface area (TPSA) is 50.4 Å². The summed E-state index contributed by atoms with van der Waals surface area (Å²) < 4.78 is 5.74. The van der Waals surface area contributed by atoms with Crippen LogP contribution in [0.4, 0.5) is 11.4 Å². The molecule has 0 spiro atoms. The van der Waals surface area contributed by atoms with Gasteiger partial charge in [-0.05, 0) is 49.9 Å².